The second-order valence-electron chi connectivity index (χ2n) is 7.69. The first-order valence-electron chi connectivity index (χ1n) is 10.2. The number of halogens is 3. The molecule has 5 nitrogen and oxygen atoms in total. The average molecular weight is 577 g/mol. The van der Waals surface area contributed by atoms with Gasteiger partial charge in [-0.05, 0) is 59.7 Å². The fraction of sp³-hybridized carbons (Fsp3) is 0.0800. The lowest BCUT2D eigenvalue weighted by molar-refractivity contribution is 0.607. The van der Waals surface area contributed by atoms with Crippen LogP contribution in [-0.4, -0.2) is 24.2 Å². The Morgan fingerprint density at radius 1 is 1.00 bits per heavy atom. The number of anilines is 1. The molecule has 0 unspecified atom stereocenters. The van der Waals surface area contributed by atoms with Gasteiger partial charge in [-0.2, -0.15) is 0 Å². The summed E-state index contributed by atoms with van der Waals surface area (Å²) < 4.78 is 28.4. The minimum absolute atomic E-state index is 0.515. The van der Waals surface area contributed by atoms with Gasteiger partial charge in [-0.3, -0.25) is 4.72 Å². The van der Waals surface area contributed by atoms with Gasteiger partial charge in [0.1, 0.15) is 5.82 Å². The molecule has 0 amide bonds. The number of imidazole rings is 1. The molecule has 34 heavy (non-hydrogen) atoms. The van der Waals surface area contributed by atoms with E-state index < -0.39 is 10.0 Å². The molecule has 1 aromatic heterocycles. The molecule has 0 bridgehead atoms. The molecule has 0 aliphatic carbocycles. The average Bonchev–Trinajstić information content (AvgIpc) is 3.16. The van der Waals surface area contributed by atoms with Crippen molar-refractivity contribution in [2.24, 2.45) is 0 Å². The number of nitrogens with zero attached hydrogens (tertiary/aromatic N) is 2. The molecule has 3 aromatic carbocycles. The van der Waals surface area contributed by atoms with Crippen molar-refractivity contribution in [1.29, 1.82) is 0 Å². The summed E-state index contributed by atoms with van der Waals surface area (Å²) >= 11 is 15.9. The van der Waals surface area contributed by atoms with Gasteiger partial charge < -0.3 is 4.57 Å². The maximum Gasteiger partial charge on any atom is 0.229 e. The second kappa shape index (κ2) is 10.4. The molecular formula is C25H20BrCl2N3O2S. The van der Waals surface area contributed by atoms with Crippen LogP contribution in [0, 0.1) is 0 Å². The molecule has 0 radical (unpaired) electrons. The van der Waals surface area contributed by atoms with Crippen molar-refractivity contribution in [2.45, 2.75) is 6.54 Å². The lowest BCUT2D eigenvalue weighted by Gasteiger charge is -2.08. The number of rotatable bonds is 7. The predicted molar refractivity (Wildman–Crippen MR) is 145 cm³/mol. The van der Waals surface area contributed by atoms with Crippen molar-refractivity contribution < 1.29 is 8.42 Å². The predicted octanol–water partition coefficient (Wildman–Crippen LogP) is 7.21. The van der Waals surface area contributed by atoms with Crippen LogP contribution < -0.4 is 4.72 Å². The van der Waals surface area contributed by atoms with Crippen molar-refractivity contribution in [2.75, 3.05) is 11.0 Å². The molecule has 1 N–H and O–H groups in total. The fourth-order valence-corrected chi connectivity index (χ4v) is 4.68. The van der Waals surface area contributed by atoms with E-state index in [0.717, 1.165) is 38.9 Å². The Labute approximate surface area is 217 Å². The summed E-state index contributed by atoms with van der Waals surface area (Å²) in [6, 6.07) is 20.6. The van der Waals surface area contributed by atoms with Gasteiger partial charge >= 0.3 is 0 Å². The maximum atomic E-state index is 11.5. The third kappa shape index (κ3) is 6.51. The first kappa shape index (κ1) is 24.5. The molecular weight excluding hydrogens is 557 g/mol. The highest BCUT2D eigenvalue weighted by Crippen LogP contribution is 2.30. The Balaban J connectivity index is 1.67. The third-order valence-corrected chi connectivity index (χ3v) is 6.60. The van der Waals surface area contributed by atoms with Crippen LogP contribution in [-0.2, 0) is 16.6 Å². The zero-order chi connectivity index (χ0) is 24.3. The summed E-state index contributed by atoms with van der Waals surface area (Å²) in [5.74, 6) is 0.752. The summed E-state index contributed by atoms with van der Waals surface area (Å²) in [6.07, 6.45) is 7.02. The second-order valence-corrected chi connectivity index (χ2v) is 11.2. The molecule has 4 aromatic rings. The van der Waals surface area contributed by atoms with E-state index in [9.17, 15) is 8.42 Å². The number of hydrogen-bond acceptors (Lipinski definition) is 3. The van der Waals surface area contributed by atoms with E-state index in [-0.39, 0.29) is 0 Å². The Morgan fingerprint density at radius 3 is 2.35 bits per heavy atom. The van der Waals surface area contributed by atoms with Crippen LogP contribution in [0.25, 0.3) is 23.4 Å². The molecule has 0 spiro atoms. The molecule has 0 fully saturated rings. The van der Waals surface area contributed by atoms with Gasteiger partial charge in [0, 0.05) is 33.5 Å². The number of aromatic nitrogens is 2. The van der Waals surface area contributed by atoms with Gasteiger partial charge in [0.05, 0.1) is 17.0 Å². The zero-order valence-corrected chi connectivity index (χ0v) is 22.0. The van der Waals surface area contributed by atoms with Crippen molar-refractivity contribution in [1.82, 2.24) is 9.55 Å². The minimum atomic E-state index is -3.33. The Bertz CT molecular complexity index is 1450. The van der Waals surface area contributed by atoms with Crippen LogP contribution >= 0.6 is 39.1 Å². The monoisotopic (exact) mass is 575 g/mol. The summed E-state index contributed by atoms with van der Waals surface area (Å²) in [7, 11) is -3.33. The highest BCUT2D eigenvalue weighted by molar-refractivity contribution is 9.10. The molecule has 0 saturated carbocycles. The largest absolute Gasteiger partial charge is 0.326 e. The molecule has 4 rings (SSSR count). The summed E-state index contributed by atoms with van der Waals surface area (Å²) in [4.78, 5) is 4.81. The summed E-state index contributed by atoms with van der Waals surface area (Å²) in [6.45, 7) is 0.539. The minimum Gasteiger partial charge on any atom is -0.326 e. The third-order valence-electron chi connectivity index (χ3n) is 4.92. The van der Waals surface area contributed by atoms with E-state index in [2.05, 4.69) is 20.7 Å². The van der Waals surface area contributed by atoms with E-state index in [1.54, 1.807) is 24.3 Å². The molecule has 0 saturated heterocycles. The van der Waals surface area contributed by atoms with Gasteiger partial charge in [-0.25, -0.2) is 13.4 Å². The van der Waals surface area contributed by atoms with Gasteiger partial charge in [-0.1, -0.05) is 69.5 Å². The van der Waals surface area contributed by atoms with Crippen LogP contribution in [0.4, 0.5) is 5.69 Å². The van der Waals surface area contributed by atoms with Crippen LogP contribution in [0.1, 0.15) is 17.0 Å². The van der Waals surface area contributed by atoms with Crippen LogP contribution in [0.5, 0.6) is 0 Å². The van der Waals surface area contributed by atoms with Gasteiger partial charge in [0.2, 0.25) is 10.0 Å². The SMILES string of the molecule is CS(=O)(=O)Nc1ccc(Cn2cc(-c3ccc(Cl)cc3Cl)nc2/C=C/c2ccc(Br)cc2)cc1. The van der Waals surface area contributed by atoms with E-state index in [4.69, 9.17) is 28.2 Å². The van der Waals surface area contributed by atoms with Gasteiger partial charge in [0.15, 0.2) is 0 Å². The number of sulfonamides is 1. The fourth-order valence-electron chi connectivity index (χ4n) is 3.35. The lowest BCUT2D eigenvalue weighted by atomic mass is 10.2. The van der Waals surface area contributed by atoms with Crippen LogP contribution in [0.2, 0.25) is 10.0 Å². The molecule has 0 aliphatic heterocycles. The number of benzene rings is 3. The van der Waals surface area contributed by atoms with Gasteiger partial charge in [0.25, 0.3) is 0 Å². The molecule has 1 heterocycles. The van der Waals surface area contributed by atoms with Crippen molar-refractivity contribution >= 4 is 67.0 Å². The van der Waals surface area contributed by atoms with Crippen molar-refractivity contribution in [3.8, 4) is 11.3 Å². The van der Waals surface area contributed by atoms with Crippen LogP contribution in [0.3, 0.4) is 0 Å². The van der Waals surface area contributed by atoms with Crippen molar-refractivity contribution in [3.05, 3.63) is 104 Å². The lowest BCUT2D eigenvalue weighted by Crippen LogP contribution is -2.09. The van der Waals surface area contributed by atoms with E-state index in [1.165, 1.54) is 0 Å². The van der Waals surface area contributed by atoms with E-state index in [1.807, 2.05) is 65.4 Å². The number of nitrogens with one attached hydrogen (secondary N) is 1. The summed E-state index contributed by atoms with van der Waals surface area (Å²) in [5.41, 5.74) is 4.06. The Hall–Kier alpha value is -2.58. The van der Waals surface area contributed by atoms with E-state index in [0.29, 0.717) is 22.3 Å². The number of hydrogen-bond donors (Lipinski definition) is 1. The van der Waals surface area contributed by atoms with Gasteiger partial charge in [-0.15, -0.1) is 0 Å². The van der Waals surface area contributed by atoms with E-state index >= 15 is 0 Å². The first-order valence-corrected chi connectivity index (χ1v) is 13.6. The molecule has 174 valence electrons. The highest BCUT2D eigenvalue weighted by Gasteiger charge is 2.12. The summed E-state index contributed by atoms with van der Waals surface area (Å²) in [5, 5.41) is 1.09. The normalized spacial score (nSPS) is 11.8. The topological polar surface area (TPSA) is 64.0 Å². The quantitative estimate of drug-likeness (QED) is 0.253. The molecule has 9 heteroatoms. The van der Waals surface area contributed by atoms with Crippen molar-refractivity contribution in [3.63, 3.8) is 0 Å². The highest BCUT2D eigenvalue weighted by atomic mass is 79.9. The first-order chi connectivity index (χ1) is 16.2. The standard InChI is InChI=1S/C25H20BrCl2N3O2S/c1-34(32,33)30-21-10-4-18(5-11-21)15-31-16-24(22-12-9-20(27)14-23(22)28)29-25(31)13-6-17-2-7-19(26)8-3-17/h2-14,16,30H,15H2,1H3/b13-6+. The Morgan fingerprint density at radius 2 is 1.71 bits per heavy atom. The maximum absolute atomic E-state index is 11.5. The smallest absolute Gasteiger partial charge is 0.229 e. The Kier molecular flexibility index (Phi) is 7.48. The molecule has 0 aliphatic rings. The zero-order valence-electron chi connectivity index (χ0n) is 18.0. The van der Waals surface area contributed by atoms with Crippen LogP contribution in [0.15, 0.2) is 77.4 Å². The molecule has 0 atom stereocenters.